The smallest absolute Gasteiger partial charge is 0.257 e. The maximum Gasteiger partial charge on any atom is 0.257 e. The highest BCUT2D eigenvalue weighted by Crippen LogP contribution is 2.26. The first-order valence-electron chi connectivity index (χ1n) is 9.14. The molecule has 1 amide bonds. The SMILES string of the molecule is COc1ccccc1NC(=O)c1cncc(Nc2ccc(C(C)(C)C)cc2)c1. The van der Waals surface area contributed by atoms with Gasteiger partial charge in [-0.2, -0.15) is 0 Å². The third kappa shape index (κ3) is 4.68. The number of hydrogen-bond donors (Lipinski definition) is 2. The molecule has 3 rings (SSSR count). The van der Waals surface area contributed by atoms with Crippen LogP contribution in [0.4, 0.5) is 17.1 Å². The summed E-state index contributed by atoms with van der Waals surface area (Å²) in [6.45, 7) is 6.55. The van der Waals surface area contributed by atoms with E-state index in [0.717, 1.165) is 11.4 Å². The van der Waals surface area contributed by atoms with Crippen LogP contribution < -0.4 is 15.4 Å². The fraction of sp³-hybridized carbons (Fsp3) is 0.217. The Hall–Kier alpha value is -3.34. The Labute approximate surface area is 165 Å². The van der Waals surface area contributed by atoms with Crippen LogP contribution >= 0.6 is 0 Å². The van der Waals surface area contributed by atoms with Crippen LogP contribution in [0.5, 0.6) is 5.75 Å². The monoisotopic (exact) mass is 375 g/mol. The molecule has 2 N–H and O–H groups in total. The van der Waals surface area contributed by atoms with Crippen LogP contribution in [0.15, 0.2) is 67.0 Å². The lowest BCUT2D eigenvalue weighted by Gasteiger charge is -2.19. The molecule has 0 radical (unpaired) electrons. The number of rotatable bonds is 5. The van der Waals surface area contributed by atoms with Gasteiger partial charge in [-0.1, -0.05) is 45.0 Å². The van der Waals surface area contributed by atoms with E-state index in [2.05, 4.69) is 48.5 Å². The van der Waals surface area contributed by atoms with Crippen LogP contribution in [-0.4, -0.2) is 18.0 Å². The highest BCUT2D eigenvalue weighted by atomic mass is 16.5. The van der Waals surface area contributed by atoms with E-state index in [-0.39, 0.29) is 11.3 Å². The number of ether oxygens (including phenoxy) is 1. The number of carbonyl (C=O) groups excluding carboxylic acids is 1. The minimum absolute atomic E-state index is 0.108. The fourth-order valence-corrected chi connectivity index (χ4v) is 2.80. The Balaban J connectivity index is 1.74. The van der Waals surface area contributed by atoms with Gasteiger partial charge in [-0.3, -0.25) is 9.78 Å². The van der Waals surface area contributed by atoms with E-state index in [4.69, 9.17) is 4.74 Å². The van der Waals surface area contributed by atoms with Crippen molar-refractivity contribution in [2.45, 2.75) is 26.2 Å². The molecule has 0 aliphatic carbocycles. The molecule has 0 aliphatic heterocycles. The van der Waals surface area contributed by atoms with E-state index in [9.17, 15) is 4.79 Å². The van der Waals surface area contributed by atoms with E-state index in [1.807, 2.05) is 24.3 Å². The first-order chi connectivity index (χ1) is 13.4. The molecule has 2 aromatic carbocycles. The van der Waals surface area contributed by atoms with Gasteiger partial charge in [0.15, 0.2) is 0 Å². The van der Waals surface area contributed by atoms with Gasteiger partial charge in [0.2, 0.25) is 0 Å². The maximum absolute atomic E-state index is 12.6. The van der Waals surface area contributed by atoms with Crippen molar-refractivity contribution in [2.75, 3.05) is 17.7 Å². The number of amides is 1. The number of para-hydroxylation sites is 2. The number of carbonyl (C=O) groups is 1. The molecule has 0 bridgehead atoms. The van der Waals surface area contributed by atoms with Crippen molar-refractivity contribution in [3.8, 4) is 5.75 Å². The first kappa shape index (κ1) is 19.4. The van der Waals surface area contributed by atoms with E-state index in [1.54, 1.807) is 37.7 Å². The zero-order valence-electron chi connectivity index (χ0n) is 16.6. The summed E-state index contributed by atoms with van der Waals surface area (Å²) in [5, 5.41) is 6.16. The summed E-state index contributed by atoms with van der Waals surface area (Å²) < 4.78 is 5.28. The summed E-state index contributed by atoms with van der Waals surface area (Å²) in [4.78, 5) is 16.8. The van der Waals surface area contributed by atoms with Crippen molar-refractivity contribution in [1.82, 2.24) is 4.98 Å². The van der Waals surface area contributed by atoms with Crippen molar-refractivity contribution < 1.29 is 9.53 Å². The molecule has 0 atom stereocenters. The molecule has 0 saturated carbocycles. The number of nitrogens with zero attached hydrogens (tertiary/aromatic N) is 1. The molecule has 0 spiro atoms. The van der Waals surface area contributed by atoms with Gasteiger partial charge in [0.1, 0.15) is 5.75 Å². The number of methoxy groups -OCH3 is 1. The van der Waals surface area contributed by atoms with Gasteiger partial charge >= 0.3 is 0 Å². The number of anilines is 3. The lowest BCUT2D eigenvalue weighted by atomic mass is 9.87. The van der Waals surface area contributed by atoms with Gasteiger partial charge in [-0.25, -0.2) is 0 Å². The topological polar surface area (TPSA) is 63.2 Å². The minimum Gasteiger partial charge on any atom is -0.495 e. The molecule has 28 heavy (non-hydrogen) atoms. The van der Waals surface area contributed by atoms with Crippen LogP contribution in [0.1, 0.15) is 36.7 Å². The number of benzene rings is 2. The number of nitrogens with one attached hydrogen (secondary N) is 2. The molecule has 0 saturated heterocycles. The highest BCUT2D eigenvalue weighted by molar-refractivity contribution is 6.05. The Bertz CT molecular complexity index is 960. The summed E-state index contributed by atoms with van der Waals surface area (Å²) in [5.74, 6) is 0.362. The molecule has 3 aromatic rings. The summed E-state index contributed by atoms with van der Waals surface area (Å²) in [5.41, 5.74) is 4.14. The van der Waals surface area contributed by atoms with Crippen LogP contribution in [0, 0.1) is 0 Å². The Kier molecular flexibility index (Phi) is 5.64. The van der Waals surface area contributed by atoms with Crippen LogP contribution in [0.2, 0.25) is 0 Å². The third-order valence-electron chi connectivity index (χ3n) is 4.40. The average Bonchev–Trinajstić information content (AvgIpc) is 2.68. The second-order valence-corrected chi connectivity index (χ2v) is 7.57. The van der Waals surface area contributed by atoms with E-state index >= 15 is 0 Å². The maximum atomic E-state index is 12.6. The van der Waals surface area contributed by atoms with Gasteiger partial charge in [-0.05, 0) is 41.3 Å². The number of hydrogen-bond acceptors (Lipinski definition) is 4. The lowest BCUT2D eigenvalue weighted by molar-refractivity contribution is 0.102. The Morgan fingerprint density at radius 3 is 2.36 bits per heavy atom. The molecule has 1 aromatic heterocycles. The lowest BCUT2D eigenvalue weighted by Crippen LogP contribution is -2.13. The van der Waals surface area contributed by atoms with Gasteiger partial charge in [0.05, 0.1) is 30.2 Å². The molecule has 1 heterocycles. The molecule has 0 fully saturated rings. The third-order valence-corrected chi connectivity index (χ3v) is 4.40. The Morgan fingerprint density at radius 1 is 0.964 bits per heavy atom. The molecular weight excluding hydrogens is 350 g/mol. The summed E-state index contributed by atoms with van der Waals surface area (Å²) >= 11 is 0. The van der Waals surface area contributed by atoms with Gasteiger partial charge in [-0.15, -0.1) is 0 Å². The normalized spacial score (nSPS) is 11.0. The van der Waals surface area contributed by atoms with Crippen molar-refractivity contribution in [3.63, 3.8) is 0 Å². The van der Waals surface area contributed by atoms with Crippen LogP contribution in [0.25, 0.3) is 0 Å². The van der Waals surface area contributed by atoms with Crippen LogP contribution in [0.3, 0.4) is 0 Å². The van der Waals surface area contributed by atoms with Crippen molar-refractivity contribution >= 4 is 23.0 Å². The number of aromatic nitrogens is 1. The van der Waals surface area contributed by atoms with Crippen molar-refractivity contribution in [1.29, 1.82) is 0 Å². The molecule has 144 valence electrons. The second kappa shape index (κ2) is 8.13. The van der Waals surface area contributed by atoms with E-state index in [0.29, 0.717) is 17.0 Å². The van der Waals surface area contributed by atoms with Gasteiger partial charge in [0.25, 0.3) is 5.91 Å². The molecule has 0 unspecified atom stereocenters. The largest absolute Gasteiger partial charge is 0.495 e. The van der Waals surface area contributed by atoms with Crippen molar-refractivity contribution in [3.05, 3.63) is 78.1 Å². The average molecular weight is 375 g/mol. The summed E-state index contributed by atoms with van der Waals surface area (Å²) in [6, 6.07) is 17.3. The standard InChI is InChI=1S/C23H25N3O2/c1-23(2,3)17-9-11-18(12-10-17)25-19-13-16(14-24-15-19)22(27)26-20-7-5-6-8-21(20)28-4/h5-15,25H,1-4H3,(H,26,27). The zero-order chi connectivity index (χ0) is 20.1. The van der Waals surface area contributed by atoms with Gasteiger partial charge in [0, 0.05) is 11.9 Å². The second-order valence-electron chi connectivity index (χ2n) is 7.57. The van der Waals surface area contributed by atoms with E-state index in [1.165, 1.54) is 5.56 Å². The first-order valence-corrected chi connectivity index (χ1v) is 9.14. The summed E-state index contributed by atoms with van der Waals surface area (Å²) in [7, 11) is 1.57. The molecule has 5 heteroatoms. The van der Waals surface area contributed by atoms with Crippen molar-refractivity contribution in [2.24, 2.45) is 0 Å². The van der Waals surface area contributed by atoms with Crippen LogP contribution in [-0.2, 0) is 5.41 Å². The quantitative estimate of drug-likeness (QED) is 0.628. The zero-order valence-corrected chi connectivity index (χ0v) is 16.6. The molecule has 5 nitrogen and oxygen atoms in total. The minimum atomic E-state index is -0.247. The molecule has 0 aliphatic rings. The fourth-order valence-electron chi connectivity index (χ4n) is 2.80. The molecular formula is C23H25N3O2. The number of pyridine rings is 1. The predicted octanol–water partition coefficient (Wildman–Crippen LogP) is 5.38. The van der Waals surface area contributed by atoms with E-state index < -0.39 is 0 Å². The van der Waals surface area contributed by atoms with Gasteiger partial charge < -0.3 is 15.4 Å². The summed E-state index contributed by atoms with van der Waals surface area (Å²) in [6.07, 6.45) is 3.23. The predicted molar refractivity (Wildman–Crippen MR) is 114 cm³/mol. The highest BCUT2D eigenvalue weighted by Gasteiger charge is 2.13. The Morgan fingerprint density at radius 2 is 1.68 bits per heavy atom.